The van der Waals surface area contributed by atoms with Crippen LogP contribution in [0.1, 0.15) is 37.2 Å². The van der Waals surface area contributed by atoms with Crippen LogP contribution < -0.4 is 10.6 Å². The van der Waals surface area contributed by atoms with Crippen molar-refractivity contribution in [2.45, 2.75) is 43.0 Å². The van der Waals surface area contributed by atoms with Crippen LogP contribution in [0.3, 0.4) is 0 Å². The Balaban J connectivity index is 1.17. The van der Waals surface area contributed by atoms with Crippen LogP contribution in [-0.2, 0) is 14.8 Å². The van der Waals surface area contributed by atoms with Gasteiger partial charge < -0.3 is 15.4 Å². The molecule has 10 heteroatoms. The minimum atomic E-state index is -3.07. The zero-order valence-electron chi connectivity index (χ0n) is 20.3. The third-order valence-corrected chi connectivity index (χ3v) is 9.79. The van der Waals surface area contributed by atoms with Crippen molar-refractivity contribution in [2.24, 2.45) is 0 Å². The fraction of sp³-hybridized carbons (Fsp3) is 0.500. The first-order valence-electron chi connectivity index (χ1n) is 12.9. The lowest BCUT2D eigenvalue weighted by atomic mass is 9.89. The molecule has 2 aromatic heterocycles. The first-order valence-corrected chi connectivity index (χ1v) is 14.4. The van der Waals surface area contributed by atoms with Gasteiger partial charge in [0.25, 0.3) is 0 Å². The number of pyridine rings is 1. The molecule has 9 nitrogen and oxygen atoms in total. The molecule has 6 rings (SSSR count). The number of fused-ring (bicyclic) bond motifs is 1. The third kappa shape index (κ3) is 4.95. The monoisotopic (exact) mass is 508 g/mol. The summed E-state index contributed by atoms with van der Waals surface area (Å²) >= 11 is 0. The van der Waals surface area contributed by atoms with Crippen molar-refractivity contribution >= 4 is 26.9 Å². The van der Waals surface area contributed by atoms with E-state index in [9.17, 15) is 8.42 Å². The van der Waals surface area contributed by atoms with Crippen molar-refractivity contribution in [1.29, 1.82) is 0 Å². The minimum absolute atomic E-state index is 0.0842. The Hall–Kier alpha value is -2.66. The van der Waals surface area contributed by atoms with Gasteiger partial charge in [-0.1, -0.05) is 24.3 Å². The first kappa shape index (κ1) is 23.7. The molecule has 3 aliphatic rings. The number of benzene rings is 1. The van der Waals surface area contributed by atoms with Gasteiger partial charge in [-0.05, 0) is 43.2 Å². The van der Waals surface area contributed by atoms with Gasteiger partial charge in [0, 0.05) is 50.7 Å². The summed E-state index contributed by atoms with van der Waals surface area (Å²) in [5.74, 6) is 1.08. The van der Waals surface area contributed by atoms with Gasteiger partial charge in [-0.15, -0.1) is 0 Å². The van der Waals surface area contributed by atoms with E-state index in [1.54, 1.807) is 16.7 Å². The van der Waals surface area contributed by atoms with E-state index in [1.165, 1.54) is 5.56 Å². The summed E-state index contributed by atoms with van der Waals surface area (Å²) in [6.07, 6.45) is 6.83. The second-order valence-corrected chi connectivity index (χ2v) is 12.1. The van der Waals surface area contributed by atoms with Crippen molar-refractivity contribution in [3.05, 3.63) is 48.3 Å². The molecule has 1 saturated carbocycles. The quantitative estimate of drug-likeness (QED) is 0.502. The predicted molar refractivity (Wildman–Crippen MR) is 139 cm³/mol. The molecule has 190 valence electrons. The molecule has 0 spiro atoms. The topological polar surface area (TPSA) is 109 Å². The van der Waals surface area contributed by atoms with E-state index in [2.05, 4.69) is 44.9 Å². The number of rotatable bonds is 7. The van der Waals surface area contributed by atoms with E-state index in [4.69, 9.17) is 9.72 Å². The number of morpholine rings is 1. The van der Waals surface area contributed by atoms with Crippen molar-refractivity contribution < 1.29 is 13.2 Å². The number of piperidine rings is 1. The number of nitrogens with zero attached hydrogens (tertiary/aromatic N) is 4. The largest absolute Gasteiger partial charge is 0.374 e. The normalized spacial score (nSPS) is 22.1. The minimum Gasteiger partial charge on any atom is -0.374 e. The molecule has 0 radical (unpaired) electrons. The van der Waals surface area contributed by atoms with Crippen LogP contribution in [0.2, 0.25) is 0 Å². The number of anilines is 1. The van der Waals surface area contributed by atoms with Crippen LogP contribution in [0.15, 0.2) is 42.7 Å². The standard InChI is InChI=1S/C26H32N6O3S/c33-36(34,22-5-6-22)32-12-7-19(8-13-32)18-1-3-20(4-2-18)23-15-24-25(29-10-9-28-24)26(31-23)30-17-21-16-27-11-14-35-21/h1-4,9-10,15,19,21-22,27H,5-8,11-14,16-17H2,(H,30,31)/t21-/m0/s1. The smallest absolute Gasteiger partial charge is 0.216 e. The maximum atomic E-state index is 12.5. The van der Waals surface area contributed by atoms with Crippen LogP contribution in [0.4, 0.5) is 5.82 Å². The average molecular weight is 509 g/mol. The lowest BCUT2D eigenvalue weighted by Crippen LogP contribution is -2.42. The molecule has 3 aromatic rings. The molecular weight excluding hydrogens is 476 g/mol. The van der Waals surface area contributed by atoms with Gasteiger partial charge in [0.15, 0.2) is 5.82 Å². The summed E-state index contributed by atoms with van der Waals surface area (Å²) in [5.41, 5.74) is 4.64. The Bertz CT molecular complexity index is 1320. The second-order valence-electron chi connectivity index (χ2n) is 9.90. The number of ether oxygens (including phenoxy) is 1. The van der Waals surface area contributed by atoms with Crippen LogP contribution in [0.5, 0.6) is 0 Å². The summed E-state index contributed by atoms with van der Waals surface area (Å²) < 4.78 is 32.6. The predicted octanol–water partition coefficient (Wildman–Crippen LogP) is 2.76. The molecule has 1 atom stereocenters. The molecule has 2 saturated heterocycles. The summed E-state index contributed by atoms with van der Waals surface area (Å²) in [6, 6.07) is 10.5. The van der Waals surface area contributed by atoms with Gasteiger partial charge in [0.1, 0.15) is 5.52 Å². The molecule has 2 aliphatic heterocycles. The molecule has 3 fully saturated rings. The SMILES string of the molecule is O=S(=O)(C1CC1)N1CCC(c2ccc(-c3cc4nccnc4c(NC[C@@H]4CNCCO4)n3)cc2)CC1. The van der Waals surface area contributed by atoms with Gasteiger partial charge in [0.2, 0.25) is 10.0 Å². The van der Waals surface area contributed by atoms with Crippen molar-refractivity contribution in [1.82, 2.24) is 24.6 Å². The lowest BCUT2D eigenvalue weighted by Gasteiger charge is -2.31. The Morgan fingerprint density at radius 2 is 1.83 bits per heavy atom. The zero-order valence-corrected chi connectivity index (χ0v) is 21.1. The molecular formula is C26H32N6O3S. The van der Waals surface area contributed by atoms with Gasteiger partial charge >= 0.3 is 0 Å². The third-order valence-electron chi connectivity index (χ3n) is 7.40. The van der Waals surface area contributed by atoms with Crippen molar-refractivity contribution in [2.75, 3.05) is 44.6 Å². The molecule has 0 bridgehead atoms. The summed E-state index contributed by atoms with van der Waals surface area (Å²) in [7, 11) is -3.07. The van der Waals surface area contributed by atoms with Crippen LogP contribution in [-0.4, -0.2) is 78.4 Å². The number of sulfonamides is 1. The number of aromatic nitrogens is 3. The van der Waals surface area contributed by atoms with Crippen molar-refractivity contribution in [3.63, 3.8) is 0 Å². The van der Waals surface area contributed by atoms with Gasteiger partial charge in [-0.25, -0.2) is 22.7 Å². The highest BCUT2D eigenvalue weighted by Gasteiger charge is 2.41. The number of nitrogens with one attached hydrogen (secondary N) is 2. The van der Waals surface area contributed by atoms with E-state index in [1.807, 2.05) is 6.07 Å². The molecule has 2 N–H and O–H groups in total. The summed E-state index contributed by atoms with van der Waals surface area (Å²) in [4.78, 5) is 13.9. The fourth-order valence-corrected chi connectivity index (χ4v) is 7.02. The van der Waals surface area contributed by atoms with E-state index in [-0.39, 0.29) is 11.4 Å². The van der Waals surface area contributed by atoms with Crippen molar-refractivity contribution in [3.8, 4) is 11.3 Å². The number of hydrogen-bond donors (Lipinski definition) is 2. The van der Waals surface area contributed by atoms with Gasteiger partial charge in [0.05, 0.1) is 29.2 Å². The Kier molecular flexibility index (Phi) is 6.59. The van der Waals surface area contributed by atoms with E-state index in [0.717, 1.165) is 61.1 Å². The van der Waals surface area contributed by atoms with Crippen LogP contribution >= 0.6 is 0 Å². The second kappa shape index (κ2) is 10.0. The maximum absolute atomic E-state index is 12.5. The average Bonchev–Trinajstić information content (AvgIpc) is 3.79. The van der Waals surface area contributed by atoms with Gasteiger partial charge in [-0.2, -0.15) is 0 Å². The Morgan fingerprint density at radius 3 is 2.56 bits per heavy atom. The summed E-state index contributed by atoms with van der Waals surface area (Å²) in [5, 5.41) is 6.65. The first-order chi connectivity index (χ1) is 17.6. The Labute approximate surface area is 211 Å². The molecule has 1 aromatic carbocycles. The van der Waals surface area contributed by atoms with E-state index < -0.39 is 10.0 Å². The number of hydrogen-bond acceptors (Lipinski definition) is 8. The fourth-order valence-electron chi connectivity index (χ4n) is 5.15. The highest BCUT2D eigenvalue weighted by atomic mass is 32.2. The molecule has 0 amide bonds. The molecule has 0 unspecified atom stereocenters. The van der Waals surface area contributed by atoms with Gasteiger partial charge in [-0.3, -0.25) is 4.98 Å². The Morgan fingerprint density at radius 1 is 1.06 bits per heavy atom. The maximum Gasteiger partial charge on any atom is 0.216 e. The highest BCUT2D eigenvalue weighted by molar-refractivity contribution is 7.90. The zero-order chi connectivity index (χ0) is 24.5. The van der Waals surface area contributed by atoms with E-state index >= 15 is 0 Å². The lowest BCUT2D eigenvalue weighted by molar-refractivity contribution is 0.0372. The van der Waals surface area contributed by atoms with Crippen LogP contribution in [0, 0.1) is 0 Å². The van der Waals surface area contributed by atoms with E-state index in [0.29, 0.717) is 38.0 Å². The van der Waals surface area contributed by atoms with Crippen LogP contribution in [0.25, 0.3) is 22.3 Å². The molecule has 36 heavy (non-hydrogen) atoms. The molecule has 1 aliphatic carbocycles. The summed E-state index contributed by atoms with van der Waals surface area (Å²) in [6.45, 7) is 4.28. The highest BCUT2D eigenvalue weighted by Crippen LogP contribution is 2.36. The molecule has 4 heterocycles.